The van der Waals surface area contributed by atoms with Gasteiger partial charge in [-0.1, -0.05) is 48.5 Å². The number of benzene rings is 2. The fourth-order valence-electron chi connectivity index (χ4n) is 5.26. The maximum absolute atomic E-state index is 13.3. The third-order valence-corrected chi connectivity index (χ3v) is 6.95. The van der Waals surface area contributed by atoms with Gasteiger partial charge in [0.25, 0.3) is 0 Å². The van der Waals surface area contributed by atoms with Gasteiger partial charge in [-0.15, -0.1) is 0 Å². The number of hydrogen-bond acceptors (Lipinski definition) is 5. The highest BCUT2D eigenvalue weighted by Crippen LogP contribution is 2.43. The lowest BCUT2D eigenvalue weighted by atomic mass is 9.97. The largest absolute Gasteiger partial charge is 0.444 e. The topological polar surface area (TPSA) is 99.5 Å². The molecule has 4 atom stereocenters. The molecular formula is C29H33N3O4. The Labute approximate surface area is 212 Å². The van der Waals surface area contributed by atoms with Crippen molar-refractivity contribution in [3.63, 3.8) is 0 Å². The monoisotopic (exact) mass is 487 g/mol. The summed E-state index contributed by atoms with van der Waals surface area (Å²) in [6, 6.07) is 16.2. The normalized spacial score (nSPS) is 21.5. The van der Waals surface area contributed by atoms with E-state index in [9.17, 15) is 19.6 Å². The van der Waals surface area contributed by atoms with Crippen LogP contribution in [-0.4, -0.2) is 46.4 Å². The van der Waals surface area contributed by atoms with Crippen LogP contribution in [0.4, 0.5) is 4.79 Å². The summed E-state index contributed by atoms with van der Waals surface area (Å²) >= 11 is 0. The first-order valence-electron chi connectivity index (χ1n) is 12.5. The number of carbonyl (C=O) groups excluding carboxylic acids is 3. The molecule has 1 saturated heterocycles. The Morgan fingerprint density at radius 3 is 2.22 bits per heavy atom. The molecule has 1 saturated carbocycles. The molecule has 0 aromatic heterocycles. The Balaban J connectivity index is 1.41. The minimum Gasteiger partial charge on any atom is -0.444 e. The summed E-state index contributed by atoms with van der Waals surface area (Å²) in [5.74, 6) is -0.168. The number of fused-ring (bicyclic) bond motifs is 2. The number of piperidine rings is 1. The van der Waals surface area contributed by atoms with Crippen LogP contribution in [0.3, 0.4) is 0 Å². The van der Waals surface area contributed by atoms with Crippen molar-refractivity contribution in [2.45, 2.75) is 77.1 Å². The lowest BCUT2D eigenvalue weighted by Crippen LogP contribution is -2.55. The number of nitrogens with one attached hydrogen (secondary N) is 1. The third kappa shape index (κ3) is 5.59. The highest BCUT2D eigenvalue weighted by atomic mass is 16.6. The SMILES string of the molecule is CC(=O)c1ccc(-c2ccc(C[C@@H](C#N)NC(=O)[C@@H]3[C@H]4CC[C@H](C4)N3C(=O)OC(C)(C)C)cc2)cc1. The fourth-order valence-corrected chi connectivity index (χ4v) is 5.26. The molecular weight excluding hydrogens is 454 g/mol. The second-order valence-electron chi connectivity index (χ2n) is 10.8. The number of ether oxygens (including phenoxy) is 1. The Bertz CT molecular complexity index is 1170. The van der Waals surface area contributed by atoms with Gasteiger partial charge in [0.15, 0.2) is 5.78 Å². The van der Waals surface area contributed by atoms with Crippen molar-refractivity contribution in [3.05, 3.63) is 59.7 Å². The summed E-state index contributed by atoms with van der Waals surface area (Å²) in [4.78, 5) is 39.2. The molecule has 2 fully saturated rings. The van der Waals surface area contributed by atoms with Crippen LogP contribution in [0.25, 0.3) is 11.1 Å². The molecule has 0 radical (unpaired) electrons. The zero-order valence-corrected chi connectivity index (χ0v) is 21.3. The molecule has 7 nitrogen and oxygen atoms in total. The van der Waals surface area contributed by atoms with Crippen LogP contribution in [0, 0.1) is 17.2 Å². The molecule has 4 rings (SSSR count). The van der Waals surface area contributed by atoms with E-state index in [0.29, 0.717) is 12.0 Å². The Morgan fingerprint density at radius 2 is 1.67 bits per heavy atom. The van der Waals surface area contributed by atoms with Crippen molar-refractivity contribution in [2.75, 3.05) is 0 Å². The molecule has 0 spiro atoms. The van der Waals surface area contributed by atoms with Crippen LogP contribution in [-0.2, 0) is 16.0 Å². The zero-order chi connectivity index (χ0) is 26.0. The van der Waals surface area contributed by atoms with Gasteiger partial charge in [0.05, 0.1) is 6.07 Å². The molecule has 2 bridgehead atoms. The van der Waals surface area contributed by atoms with E-state index in [1.807, 2.05) is 69.3 Å². The van der Waals surface area contributed by atoms with Crippen LogP contribution in [0.2, 0.25) is 0 Å². The van der Waals surface area contributed by atoms with Gasteiger partial charge in [-0.05, 0) is 69.6 Å². The molecule has 1 N–H and O–H groups in total. The van der Waals surface area contributed by atoms with Gasteiger partial charge in [-0.25, -0.2) is 4.79 Å². The second kappa shape index (κ2) is 10.1. The van der Waals surface area contributed by atoms with Gasteiger partial charge in [0.2, 0.25) is 5.91 Å². The average molecular weight is 488 g/mol. The van der Waals surface area contributed by atoms with Crippen LogP contribution < -0.4 is 5.32 Å². The van der Waals surface area contributed by atoms with Crippen molar-refractivity contribution < 1.29 is 19.1 Å². The average Bonchev–Trinajstić information content (AvgIpc) is 3.45. The van der Waals surface area contributed by atoms with Crippen molar-refractivity contribution >= 4 is 17.8 Å². The van der Waals surface area contributed by atoms with Crippen LogP contribution >= 0.6 is 0 Å². The summed E-state index contributed by atoms with van der Waals surface area (Å²) in [5, 5.41) is 12.6. The first-order chi connectivity index (χ1) is 17.1. The zero-order valence-electron chi connectivity index (χ0n) is 21.3. The van der Waals surface area contributed by atoms with Crippen LogP contribution in [0.1, 0.15) is 62.9 Å². The molecule has 1 heterocycles. The van der Waals surface area contributed by atoms with E-state index in [4.69, 9.17) is 4.74 Å². The highest BCUT2D eigenvalue weighted by molar-refractivity contribution is 5.94. The number of likely N-dealkylation sites (tertiary alicyclic amines) is 1. The third-order valence-electron chi connectivity index (χ3n) is 6.95. The van der Waals surface area contributed by atoms with Crippen LogP contribution in [0.5, 0.6) is 0 Å². The van der Waals surface area contributed by atoms with Gasteiger partial charge in [-0.3, -0.25) is 14.5 Å². The molecule has 36 heavy (non-hydrogen) atoms. The van der Waals surface area contributed by atoms with Crippen molar-refractivity contribution in [1.82, 2.24) is 10.2 Å². The van der Waals surface area contributed by atoms with Crippen molar-refractivity contribution in [1.29, 1.82) is 5.26 Å². The van der Waals surface area contributed by atoms with Crippen molar-refractivity contribution in [2.24, 2.45) is 5.92 Å². The van der Waals surface area contributed by atoms with Crippen molar-refractivity contribution in [3.8, 4) is 17.2 Å². The fraction of sp³-hybridized carbons (Fsp3) is 0.448. The summed E-state index contributed by atoms with van der Waals surface area (Å²) in [6.07, 6.45) is 2.46. The number of ketones is 1. The van der Waals surface area contributed by atoms with E-state index < -0.39 is 23.8 Å². The molecule has 2 aliphatic rings. The van der Waals surface area contributed by atoms with E-state index >= 15 is 0 Å². The molecule has 2 aromatic carbocycles. The minimum absolute atomic E-state index is 0.0122. The number of nitrogens with zero attached hydrogens (tertiary/aromatic N) is 2. The lowest BCUT2D eigenvalue weighted by molar-refractivity contribution is -0.128. The standard InChI is InChI=1S/C29H33N3O4/c1-18(33)20-9-11-22(12-10-20)21-7-5-19(6-8-21)15-24(17-30)31-27(34)26-23-13-14-25(16-23)32(26)28(35)36-29(2,3)4/h5-12,23-26H,13-16H2,1-4H3,(H,31,34)/t23-,24-,25+,26-/m0/s1. The number of hydrogen-bond donors (Lipinski definition) is 1. The van der Waals surface area contributed by atoms with Gasteiger partial charge < -0.3 is 10.1 Å². The quantitative estimate of drug-likeness (QED) is 0.585. The van der Waals surface area contributed by atoms with Gasteiger partial charge in [0, 0.05) is 18.0 Å². The number of Topliss-reactive ketones (excluding diaryl/α,β-unsaturated/α-hetero) is 1. The van der Waals surface area contributed by atoms with Gasteiger partial charge in [0.1, 0.15) is 17.7 Å². The van der Waals surface area contributed by atoms with Gasteiger partial charge in [-0.2, -0.15) is 5.26 Å². The molecule has 2 aromatic rings. The highest BCUT2D eigenvalue weighted by Gasteiger charge is 2.52. The maximum atomic E-state index is 13.3. The molecule has 188 valence electrons. The predicted octanol–water partition coefficient (Wildman–Crippen LogP) is 4.90. The molecule has 1 aliphatic heterocycles. The molecule has 2 amide bonds. The number of nitriles is 1. The summed E-state index contributed by atoms with van der Waals surface area (Å²) in [5.41, 5.74) is 2.94. The molecule has 7 heteroatoms. The van der Waals surface area contributed by atoms with E-state index in [-0.39, 0.29) is 23.7 Å². The smallest absolute Gasteiger partial charge is 0.411 e. The summed E-state index contributed by atoms with van der Waals surface area (Å²) in [7, 11) is 0. The first-order valence-corrected chi connectivity index (χ1v) is 12.5. The molecule has 0 unspecified atom stereocenters. The lowest BCUT2D eigenvalue weighted by Gasteiger charge is -2.35. The van der Waals surface area contributed by atoms with E-state index in [2.05, 4.69) is 11.4 Å². The second-order valence-corrected chi connectivity index (χ2v) is 10.8. The van der Waals surface area contributed by atoms with Gasteiger partial charge >= 0.3 is 6.09 Å². The van der Waals surface area contributed by atoms with E-state index in [0.717, 1.165) is 36.0 Å². The summed E-state index contributed by atoms with van der Waals surface area (Å²) in [6.45, 7) is 6.98. The predicted molar refractivity (Wildman–Crippen MR) is 136 cm³/mol. The minimum atomic E-state index is -0.710. The van der Waals surface area contributed by atoms with E-state index in [1.165, 1.54) is 0 Å². The number of carbonyl (C=O) groups is 3. The first kappa shape index (κ1) is 25.4. The summed E-state index contributed by atoms with van der Waals surface area (Å²) < 4.78 is 5.57. The molecule has 1 aliphatic carbocycles. The maximum Gasteiger partial charge on any atom is 0.411 e. The Morgan fingerprint density at radius 1 is 1.06 bits per heavy atom. The number of amides is 2. The van der Waals surface area contributed by atoms with E-state index in [1.54, 1.807) is 11.8 Å². The Hall–Kier alpha value is -3.66. The Kier molecular flexibility index (Phi) is 7.16. The van der Waals surface area contributed by atoms with Crippen LogP contribution in [0.15, 0.2) is 48.5 Å². The number of rotatable bonds is 6.